The highest BCUT2D eigenvalue weighted by atomic mass is 79.9. The third-order valence-electron chi connectivity index (χ3n) is 5.10. The van der Waals surface area contributed by atoms with Crippen molar-refractivity contribution in [1.29, 1.82) is 5.26 Å². The van der Waals surface area contributed by atoms with Gasteiger partial charge in [-0.05, 0) is 72.6 Å². The average Bonchev–Trinajstić information content (AvgIpc) is 3.14. The predicted molar refractivity (Wildman–Crippen MR) is 141 cm³/mol. The lowest BCUT2D eigenvalue weighted by Gasteiger charge is -2.18. The Morgan fingerprint density at radius 2 is 1.77 bits per heavy atom. The summed E-state index contributed by atoms with van der Waals surface area (Å²) in [6.07, 6.45) is 0.286. The third kappa shape index (κ3) is 5.71. The van der Waals surface area contributed by atoms with E-state index in [1.165, 1.54) is 29.2 Å². The number of carbonyl (C=O) groups is 2. The zero-order valence-corrected chi connectivity index (χ0v) is 21.7. The van der Waals surface area contributed by atoms with Crippen LogP contribution in [0.2, 0.25) is 10.0 Å². The number of halogens is 4. The van der Waals surface area contributed by atoms with Crippen LogP contribution in [0.3, 0.4) is 0 Å². The first-order valence-electron chi connectivity index (χ1n) is 10.2. The summed E-state index contributed by atoms with van der Waals surface area (Å²) >= 11 is 16.6. The summed E-state index contributed by atoms with van der Waals surface area (Å²) in [6, 6.07) is 19.2. The second-order valence-corrected chi connectivity index (χ2v) is 10.4. The zero-order valence-electron chi connectivity index (χ0n) is 17.8. The highest BCUT2D eigenvalue weighted by molar-refractivity contribution is 9.10. The van der Waals surface area contributed by atoms with Crippen LogP contribution in [0.15, 0.2) is 81.8 Å². The van der Waals surface area contributed by atoms with Gasteiger partial charge >= 0.3 is 0 Å². The first-order chi connectivity index (χ1) is 16.8. The van der Waals surface area contributed by atoms with E-state index in [2.05, 4.69) is 21.2 Å². The number of carbonyl (C=O) groups excluding carboxylic acids is 2. The van der Waals surface area contributed by atoms with Crippen molar-refractivity contribution in [2.24, 2.45) is 0 Å². The van der Waals surface area contributed by atoms with E-state index >= 15 is 0 Å². The number of nitrogens with zero attached hydrogens (tertiary/aromatic N) is 2. The van der Waals surface area contributed by atoms with Crippen molar-refractivity contribution < 1.29 is 14.0 Å². The molecule has 2 amide bonds. The largest absolute Gasteiger partial charge is 0.321 e. The van der Waals surface area contributed by atoms with Crippen LogP contribution in [-0.2, 0) is 16.0 Å². The minimum atomic E-state index is -0.660. The normalized spacial score (nSPS) is 16.7. The van der Waals surface area contributed by atoms with Crippen LogP contribution in [0.25, 0.3) is 0 Å². The summed E-state index contributed by atoms with van der Waals surface area (Å²) in [6.45, 7) is 0. The zero-order chi connectivity index (χ0) is 25.1. The molecule has 0 bridgehead atoms. The summed E-state index contributed by atoms with van der Waals surface area (Å²) < 4.78 is 14.4. The molecule has 1 aliphatic heterocycles. The fourth-order valence-electron chi connectivity index (χ4n) is 3.42. The Bertz CT molecular complexity index is 1370. The van der Waals surface area contributed by atoms with E-state index in [0.29, 0.717) is 21.4 Å². The average molecular weight is 591 g/mol. The van der Waals surface area contributed by atoms with Crippen molar-refractivity contribution in [2.45, 2.75) is 11.7 Å². The fourth-order valence-corrected chi connectivity index (χ4v) is 5.31. The maximum Gasteiger partial charge on any atom is 0.269 e. The van der Waals surface area contributed by atoms with Gasteiger partial charge in [-0.1, -0.05) is 57.0 Å². The number of hydrogen-bond acceptors (Lipinski definition) is 4. The van der Waals surface area contributed by atoms with Gasteiger partial charge in [0.05, 0.1) is 15.3 Å². The Hall–Kier alpha value is -2.83. The van der Waals surface area contributed by atoms with Crippen molar-refractivity contribution in [1.82, 2.24) is 0 Å². The maximum absolute atomic E-state index is 13.6. The Morgan fingerprint density at radius 3 is 2.40 bits per heavy atom. The molecular weight excluding hydrogens is 576 g/mol. The van der Waals surface area contributed by atoms with Gasteiger partial charge in [-0.2, -0.15) is 5.26 Å². The molecule has 1 fully saturated rings. The molecule has 3 aromatic rings. The van der Waals surface area contributed by atoms with E-state index in [9.17, 15) is 19.2 Å². The molecule has 5 nitrogen and oxygen atoms in total. The number of nitriles is 1. The smallest absolute Gasteiger partial charge is 0.269 e. The van der Waals surface area contributed by atoms with E-state index in [4.69, 9.17) is 23.2 Å². The van der Waals surface area contributed by atoms with Crippen molar-refractivity contribution >= 4 is 74.1 Å². The molecule has 1 aliphatic rings. The molecule has 0 spiro atoms. The van der Waals surface area contributed by atoms with Crippen molar-refractivity contribution in [3.8, 4) is 6.07 Å². The number of anilines is 2. The summed E-state index contributed by atoms with van der Waals surface area (Å²) in [7, 11) is 0. The number of hydrogen-bond donors (Lipinski definition) is 1. The number of nitrogens with one attached hydrogen (secondary N) is 1. The molecule has 4 rings (SSSR count). The molecule has 10 heteroatoms. The molecule has 1 saturated heterocycles. The molecule has 176 valence electrons. The second kappa shape index (κ2) is 10.8. The van der Waals surface area contributed by atoms with Gasteiger partial charge in [-0.3, -0.25) is 14.5 Å². The topological polar surface area (TPSA) is 73.2 Å². The standard InChI is InChI=1S/C25H15BrCl2FN3O2S/c26-15-2-6-17(7-3-15)31-23(33)19(13-30)25-32(18-8-4-16(29)5-9-18)24(34)22(35-25)12-14-1-10-20(27)21(28)11-14/h1-11,22H,12H2,(H,31,33)/b25-19-/t22-/m1/s1. The first kappa shape index (κ1) is 25.3. The summed E-state index contributed by atoms with van der Waals surface area (Å²) in [5.41, 5.74) is 1.37. The summed E-state index contributed by atoms with van der Waals surface area (Å²) in [4.78, 5) is 27.8. The van der Waals surface area contributed by atoms with Crippen molar-refractivity contribution in [3.63, 3.8) is 0 Å². The SMILES string of the molecule is N#C/C(C(=O)Nc1ccc(Br)cc1)=C1/S[C@H](Cc2ccc(Cl)c(Cl)c2)C(=O)N1c1ccc(F)cc1. The summed E-state index contributed by atoms with van der Waals surface area (Å²) in [5, 5.41) is 12.9. The van der Waals surface area contributed by atoms with Crippen LogP contribution in [0, 0.1) is 17.1 Å². The Balaban J connectivity index is 1.72. The van der Waals surface area contributed by atoms with Crippen LogP contribution in [-0.4, -0.2) is 17.1 Å². The van der Waals surface area contributed by atoms with Crippen LogP contribution < -0.4 is 10.2 Å². The lowest BCUT2D eigenvalue weighted by Crippen LogP contribution is -2.31. The maximum atomic E-state index is 13.6. The number of thioether (sulfide) groups is 1. The van der Waals surface area contributed by atoms with Crippen LogP contribution in [0.5, 0.6) is 0 Å². The van der Waals surface area contributed by atoms with Crippen LogP contribution >= 0.6 is 50.9 Å². The van der Waals surface area contributed by atoms with Gasteiger partial charge in [0.25, 0.3) is 5.91 Å². The van der Waals surface area contributed by atoms with Crippen LogP contribution in [0.1, 0.15) is 5.56 Å². The lowest BCUT2D eigenvalue weighted by atomic mass is 10.1. The Labute approximate surface area is 223 Å². The molecule has 0 unspecified atom stereocenters. The van der Waals surface area contributed by atoms with Crippen molar-refractivity contribution in [3.05, 3.63) is 103 Å². The first-order valence-corrected chi connectivity index (χ1v) is 12.6. The number of benzene rings is 3. The van der Waals surface area contributed by atoms with Crippen LogP contribution in [0.4, 0.5) is 15.8 Å². The van der Waals surface area contributed by atoms with Gasteiger partial charge in [-0.15, -0.1) is 0 Å². The summed E-state index contributed by atoms with van der Waals surface area (Å²) in [5.74, 6) is -1.47. The Kier molecular flexibility index (Phi) is 7.82. The van der Waals surface area contributed by atoms with Gasteiger partial charge in [0.1, 0.15) is 22.5 Å². The Morgan fingerprint density at radius 1 is 1.09 bits per heavy atom. The van der Waals surface area contributed by atoms with Gasteiger partial charge in [0.2, 0.25) is 5.91 Å². The van der Waals surface area contributed by atoms with Gasteiger partial charge in [-0.25, -0.2) is 4.39 Å². The molecule has 0 aromatic heterocycles. The molecular formula is C25H15BrCl2FN3O2S. The van der Waals surface area contributed by atoms with Crippen molar-refractivity contribution in [2.75, 3.05) is 10.2 Å². The fraction of sp³-hybridized carbons (Fsp3) is 0.0800. The molecule has 0 saturated carbocycles. The second-order valence-electron chi connectivity index (χ2n) is 7.46. The minimum Gasteiger partial charge on any atom is -0.321 e. The molecule has 35 heavy (non-hydrogen) atoms. The molecule has 1 N–H and O–H groups in total. The minimum absolute atomic E-state index is 0.170. The van der Waals surface area contributed by atoms with E-state index in [1.807, 2.05) is 6.07 Å². The molecule has 0 radical (unpaired) electrons. The monoisotopic (exact) mass is 589 g/mol. The molecule has 1 heterocycles. The molecule has 3 aromatic carbocycles. The van der Waals surface area contributed by atoms with E-state index < -0.39 is 17.0 Å². The third-order valence-corrected chi connectivity index (χ3v) is 7.63. The van der Waals surface area contributed by atoms with E-state index in [0.717, 1.165) is 21.8 Å². The van der Waals surface area contributed by atoms with Gasteiger partial charge < -0.3 is 5.32 Å². The highest BCUT2D eigenvalue weighted by Crippen LogP contribution is 2.42. The van der Waals surface area contributed by atoms with Gasteiger partial charge in [0, 0.05) is 15.8 Å². The van der Waals surface area contributed by atoms with E-state index in [1.54, 1.807) is 42.5 Å². The molecule has 0 aliphatic carbocycles. The number of rotatable bonds is 5. The predicted octanol–water partition coefficient (Wildman–Crippen LogP) is 6.96. The number of amides is 2. The van der Waals surface area contributed by atoms with E-state index in [-0.39, 0.29) is 22.9 Å². The lowest BCUT2D eigenvalue weighted by molar-refractivity contribution is -0.117. The molecule has 1 atom stereocenters. The quantitative estimate of drug-likeness (QED) is 0.257. The highest BCUT2D eigenvalue weighted by Gasteiger charge is 2.41. The van der Waals surface area contributed by atoms with Gasteiger partial charge in [0.15, 0.2) is 0 Å².